The lowest BCUT2D eigenvalue weighted by Crippen LogP contribution is -2.30. The topological polar surface area (TPSA) is 78.9 Å². The second-order valence-corrected chi connectivity index (χ2v) is 21.1. The number of ether oxygens (including phenoxy) is 3. The van der Waals surface area contributed by atoms with E-state index in [1.807, 2.05) is 0 Å². The van der Waals surface area contributed by atoms with Crippen LogP contribution in [-0.4, -0.2) is 37.2 Å². The van der Waals surface area contributed by atoms with Crippen molar-refractivity contribution >= 4 is 17.9 Å². The Labute approximate surface area is 399 Å². The molecule has 6 nitrogen and oxygen atoms in total. The minimum atomic E-state index is -0.764. The molecule has 64 heavy (non-hydrogen) atoms. The highest BCUT2D eigenvalue weighted by atomic mass is 16.6. The molecule has 0 aromatic heterocycles. The predicted molar refractivity (Wildman–Crippen MR) is 275 cm³/mol. The molecule has 0 saturated carbocycles. The van der Waals surface area contributed by atoms with Crippen LogP contribution in [0.5, 0.6) is 0 Å². The Morgan fingerprint density at radius 3 is 0.812 bits per heavy atom. The van der Waals surface area contributed by atoms with Crippen LogP contribution in [0.4, 0.5) is 0 Å². The first-order valence-corrected chi connectivity index (χ1v) is 28.6. The Kier molecular flexibility index (Phi) is 48.1. The Balaban J connectivity index is 4.30. The lowest BCUT2D eigenvalue weighted by molar-refractivity contribution is -0.167. The molecular weight excluding hydrogens is 793 g/mol. The van der Waals surface area contributed by atoms with Gasteiger partial charge in [-0.2, -0.15) is 0 Å². The van der Waals surface area contributed by atoms with E-state index < -0.39 is 6.10 Å². The summed E-state index contributed by atoms with van der Waals surface area (Å²) < 4.78 is 16.9. The van der Waals surface area contributed by atoms with E-state index in [1.165, 1.54) is 199 Å². The lowest BCUT2D eigenvalue weighted by Gasteiger charge is -2.18. The second kappa shape index (κ2) is 49.3. The second-order valence-electron chi connectivity index (χ2n) is 21.1. The third-order valence-corrected chi connectivity index (χ3v) is 13.5. The first-order chi connectivity index (χ1) is 31.1. The Morgan fingerprint density at radius 2 is 0.547 bits per heavy atom. The van der Waals surface area contributed by atoms with Crippen LogP contribution in [-0.2, 0) is 28.6 Å². The van der Waals surface area contributed by atoms with Crippen molar-refractivity contribution < 1.29 is 28.6 Å². The summed E-state index contributed by atoms with van der Waals surface area (Å²) in [4.78, 5) is 38.1. The van der Waals surface area contributed by atoms with Gasteiger partial charge in [0.25, 0.3) is 0 Å². The molecule has 6 heteroatoms. The average Bonchev–Trinajstić information content (AvgIpc) is 3.27. The van der Waals surface area contributed by atoms with Gasteiger partial charge in [0.15, 0.2) is 6.10 Å². The van der Waals surface area contributed by atoms with Crippen LogP contribution in [0, 0.1) is 17.8 Å². The SMILES string of the molecule is CCC(C)CCCCCCCCCCCCC(=O)O[C@H](COC(=O)CCCCCCCCCCCCCCCCCC(C)C)COC(=O)CCCCCCCCCCCCCC(C)C. The Hall–Kier alpha value is -1.59. The average molecular weight is 906 g/mol. The number of hydrogen-bond acceptors (Lipinski definition) is 6. The zero-order valence-corrected chi connectivity index (χ0v) is 44.1. The molecule has 0 N–H and O–H groups in total. The first kappa shape index (κ1) is 62.4. The molecule has 2 atom stereocenters. The standard InChI is InChI=1S/C58H112O6/c1-7-54(6)46-40-34-28-22-18-19-25-31-37-43-49-58(61)64-55(51-63-57(60)48-42-36-30-24-17-13-15-21-27-33-39-45-53(4)5)50-62-56(59)47-41-35-29-23-16-12-10-8-9-11-14-20-26-32-38-44-52(2)3/h52-55H,7-51H2,1-6H3/t54?,55-/m1/s1. The van der Waals surface area contributed by atoms with Crippen molar-refractivity contribution in [2.75, 3.05) is 13.2 Å². The molecule has 0 saturated heterocycles. The van der Waals surface area contributed by atoms with Crippen LogP contribution >= 0.6 is 0 Å². The number of esters is 3. The summed E-state index contributed by atoms with van der Waals surface area (Å²) >= 11 is 0. The van der Waals surface area contributed by atoms with Crippen molar-refractivity contribution in [3.8, 4) is 0 Å². The molecule has 0 aliphatic carbocycles. The van der Waals surface area contributed by atoms with Gasteiger partial charge in [-0.05, 0) is 37.0 Å². The van der Waals surface area contributed by atoms with E-state index in [4.69, 9.17) is 14.2 Å². The largest absolute Gasteiger partial charge is 0.462 e. The van der Waals surface area contributed by atoms with Gasteiger partial charge in [-0.3, -0.25) is 14.4 Å². The summed E-state index contributed by atoms with van der Waals surface area (Å²) in [6.45, 7) is 13.8. The van der Waals surface area contributed by atoms with E-state index >= 15 is 0 Å². The number of rotatable bonds is 51. The van der Waals surface area contributed by atoms with Gasteiger partial charge in [0.2, 0.25) is 0 Å². The molecule has 380 valence electrons. The summed E-state index contributed by atoms with van der Waals surface area (Å²) in [7, 11) is 0. The van der Waals surface area contributed by atoms with Crippen molar-refractivity contribution in [1.29, 1.82) is 0 Å². The summed E-state index contributed by atoms with van der Waals surface area (Å²) in [6.07, 6.45) is 50.9. The number of hydrogen-bond donors (Lipinski definition) is 0. The maximum atomic E-state index is 12.8. The summed E-state index contributed by atoms with van der Waals surface area (Å²) in [5.41, 5.74) is 0. The molecule has 0 rings (SSSR count). The number of unbranched alkanes of at least 4 members (excludes halogenated alkanes) is 33. The van der Waals surface area contributed by atoms with E-state index in [1.54, 1.807) is 0 Å². The molecule has 0 aliphatic rings. The first-order valence-electron chi connectivity index (χ1n) is 28.6. The molecular formula is C58H112O6. The van der Waals surface area contributed by atoms with Crippen molar-refractivity contribution in [2.45, 2.75) is 324 Å². The molecule has 0 amide bonds. The molecule has 0 bridgehead atoms. The van der Waals surface area contributed by atoms with Crippen molar-refractivity contribution in [1.82, 2.24) is 0 Å². The van der Waals surface area contributed by atoms with Gasteiger partial charge in [-0.15, -0.1) is 0 Å². The van der Waals surface area contributed by atoms with Gasteiger partial charge in [0.1, 0.15) is 13.2 Å². The van der Waals surface area contributed by atoms with Crippen molar-refractivity contribution in [3.63, 3.8) is 0 Å². The van der Waals surface area contributed by atoms with Crippen LogP contribution in [0.1, 0.15) is 318 Å². The maximum Gasteiger partial charge on any atom is 0.306 e. The Morgan fingerprint density at radius 1 is 0.312 bits per heavy atom. The van der Waals surface area contributed by atoms with Crippen LogP contribution in [0.3, 0.4) is 0 Å². The third kappa shape index (κ3) is 49.8. The quantitative estimate of drug-likeness (QED) is 0.0344. The molecule has 0 aromatic carbocycles. The van der Waals surface area contributed by atoms with E-state index in [0.717, 1.165) is 75.5 Å². The molecule has 0 spiro atoms. The molecule has 0 aliphatic heterocycles. The third-order valence-electron chi connectivity index (χ3n) is 13.5. The van der Waals surface area contributed by atoms with Gasteiger partial charge in [0.05, 0.1) is 0 Å². The maximum absolute atomic E-state index is 12.8. The molecule has 0 fully saturated rings. The minimum absolute atomic E-state index is 0.0638. The molecule has 0 aromatic rings. The van der Waals surface area contributed by atoms with Crippen LogP contribution < -0.4 is 0 Å². The Bertz CT molecular complexity index is 993. The minimum Gasteiger partial charge on any atom is -0.462 e. The van der Waals surface area contributed by atoms with Gasteiger partial charge >= 0.3 is 17.9 Å². The number of carbonyl (C=O) groups excluding carboxylic acids is 3. The van der Waals surface area contributed by atoms with Gasteiger partial charge in [0, 0.05) is 19.3 Å². The van der Waals surface area contributed by atoms with Gasteiger partial charge in [-0.25, -0.2) is 0 Å². The highest BCUT2D eigenvalue weighted by Crippen LogP contribution is 2.19. The fraction of sp³-hybridized carbons (Fsp3) is 0.948. The fourth-order valence-electron chi connectivity index (χ4n) is 8.79. The molecule has 0 heterocycles. The summed E-state index contributed by atoms with van der Waals surface area (Å²) in [5.74, 6) is 1.70. The van der Waals surface area contributed by atoms with E-state index in [0.29, 0.717) is 19.3 Å². The van der Waals surface area contributed by atoms with Crippen molar-refractivity contribution in [2.24, 2.45) is 17.8 Å². The lowest BCUT2D eigenvalue weighted by atomic mass is 9.99. The zero-order valence-electron chi connectivity index (χ0n) is 44.1. The monoisotopic (exact) mass is 905 g/mol. The van der Waals surface area contributed by atoms with E-state index in [2.05, 4.69) is 41.5 Å². The highest BCUT2D eigenvalue weighted by molar-refractivity contribution is 5.71. The van der Waals surface area contributed by atoms with Crippen LogP contribution in [0.15, 0.2) is 0 Å². The summed E-state index contributed by atoms with van der Waals surface area (Å²) in [6, 6.07) is 0. The van der Waals surface area contributed by atoms with Crippen LogP contribution in [0.25, 0.3) is 0 Å². The van der Waals surface area contributed by atoms with E-state index in [9.17, 15) is 14.4 Å². The predicted octanol–water partition coefficient (Wildman–Crippen LogP) is 18.7. The van der Waals surface area contributed by atoms with Crippen LogP contribution in [0.2, 0.25) is 0 Å². The fourth-order valence-corrected chi connectivity index (χ4v) is 8.79. The van der Waals surface area contributed by atoms with Gasteiger partial charge < -0.3 is 14.2 Å². The molecule has 0 radical (unpaired) electrons. The van der Waals surface area contributed by atoms with Crippen molar-refractivity contribution in [3.05, 3.63) is 0 Å². The smallest absolute Gasteiger partial charge is 0.306 e. The zero-order chi connectivity index (χ0) is 47.0. The number of carbonyl (C=O) groups is 3. The molecule has 1 unspecified atom stereocenters. The normalized spacial score (nSPS) is 12.6. The van der Waals surface area contributed by atoms with E-state index in [-0.39, 0.29) is 31.1 Å². The summed E-state index contributed by atoms with van der Waals surface area (Å²) in [5, 5.41) is 0. The highest BCUT2D eigenvalue weighted by Gasteiger charge is 2.19. The van der Waals surface area contributed by atoms with Gasteiger partial charge in [-0.1, -0.05) is 279 Å².